The number of nitrogens with one attached hydrogen (secondary N) is 2. The number of hydrogen-bond donors (Lipinski definition) is 2. The van der Waals surface area contributed by atoms with Crippen molar-refractivity contribution in [3.8, 4) is 0 Å². The second-order valence-electron chi connectivity index (χ2n) is 6.05. The van der Waals surface area contributed by atoms with Gasteiger partial charge in [-0.2, -0.15) is 5.10 Å². The Bertz CT molecular complexity index is 680. The summed E-state index contributed by atoms with van der Waals surface area (Å²) in [4.78, 5) is 25.4. The van der Waals surface area contributed by atoms with Crippen LogP contribution in [0, 0.1) is 0 Å². The molecule has 1 aliphatic heterocycles. The molecule has 2 N–H and O–H groups in total. The van der Waals surface area contributed by atoms with Gasteiger partial charge >= 0.3 is 0 Å². The number of amides is 2. The van der Waals surface area contributed by atoms with Gasteiger partial charge in [-0.3, -0.25) is 14.7 Å². The highest BCUT2D eigenvalue weighted by Crippen LogP contribution is 2.21. The molecule has 0 atom stereocenters. The molecular weight excluding hydrogens is 304 g/mol. The van der Waals surface area contributed by atoms with Crippen molar-refractivity contribution in [3.63, 3.8) is 0 Å². The number of carbonyl (C=O) groups is 2. The summed E-state index contributed by atoms with van der Waals surface area (Å²) in [6.45, 7) is 1.31. The second kappa shape index (κ2) is 7.77. The maximum Gasteiger partial charge on any atom is 0.227 e. The zero-order valence-electron chi connectivity index (χ0n) is 13.6. The van der Waals surface area contributed by atoms with E-state index in [0.717, 1.165) is 42.6 Å². The molecule has 0 saturated carbocycles. The molecule has 1 saturated heterocycles. The smallest absolute Gasteiger partial charge is 0.227 e. The van der Waals surface area contributed by atoms with Crippen LogP contribution in [0.15, 0.2) is 36.7 Å². The third kappa shape index (κ3) is 4.22. The summed E-state index contributed by atoms with van der Waals surface area (Å²) >= 11 is 0. The van der Waals surface area contributed by atoms with Gasteiger partial charge in [0.25, 0.3) is 0 Å². The van der Waals surface area contributed by atoms with Crippen molar-refractivity contribution in [2.75, 3.05) is 11.4 Å². The topological polar surface area (TPSA) is 78.1 Å². The van der Waals surface area contributed by atoms with Crippen LogP contribution in [0.4, 0.5) is 5.69 Å². The summed E-state index contributed by atoms with van der Waals surface area (Å²) < 4.78 is 0. The van der Waals surface area contributed by atoms with E-state index in [2.05, 4.69) is 15.5 Å². The van der Waals surface area contributed by atoms with Gasteiger partial charge in [0.1, 0.15) is 0 Å². The number of aromatic nitrogens is 2. The van der Waals surface area contributed by atoms with Crippen molar-refractivity contribution in [2.45, 2.75) is 38.6 Å². The second-order valence-corrected chi connectivity index (χ2v) is 6.05. The van der Waals surface area contributed by atoms with Crippen LogP contribution in [0.5, 0.6) is 0 Å². The van der Waals surface area contributed by atoms with E-state index in [0.29, 0.717) is 19.4 Å². The summed E-state index contributed by atoms with van der Waals surface area (Å²) in [6, 6.07) is 7.83. The summed E-state index contributed by atoms with van der Waals surface area (Å²) in [5.41, 5.74) is 3.09. The fourth-order valence-electron chi connectivity index (χ4n) is 2.87. The predicted molar refractivity (Wildman–Crippen MR) is 91.4 cm³/mol. The van der Waals surface area contributed by atoms with Crippen LogP contribution in [0.25, 0.3) is 0 Å². The Balaban J connectivity index is 1.41. The number of benzene rings is 1. The van der Waals surface area contributed by atoms with Crippen LogP contribution in [0.3, 0.4) is 0 Å². The van der Waals surface area contributed by atoms with Gasteiger partial charge in [0, 0.05) is 37.8 Å². The summed E-state index contributed by atoms with van der Waals surface area (Å²) in [5, 5.41) is 9.59. The highest BCUT2D eigenvalue weighted by molar-refractivity contribution is 5.95. The zero-order valence-corrected chi connectivity index (χ0v) is 13.6. The van der Waals surface area contributed by atoms with Crippen LogP contribution >= 0.6 is 0 Å². The van der Waals surface area contributed by atoms with Gasteiger partial charge in [-0.05, 0) is 42.5 Å². The van der Waals surface area contributed by atoms with E-state index in [-0.39, 0.29) is 11.8 Å². The summed E-state index contributed by atoms with van der Waals surface area (Å²) in [7, 11) is 0. The molecule has 0 bridgehead atoms. The minimum atomic E-state index is 0.0530. The van der Waals surface area contributed by atoms with Crippen molar-refractivity contribution >= 4 is 17.5 Å². The van der Waals surface area contributed by atoms with E-state index < -0.39 is 0 Å². The molecule has 1 aromatic heterocycles. The largest absolute Gasteiger partial charge is 0.352 e. The summed E-state index contributed by atoms with van der Waals surface area (Å²) in [6.07, 6.45) is 7.36. The predicted octanol–water partition coefficient (Wildman–Crippen LogP) is 2.18. The average molecular weight is 326 g/mol. The highest BCUT2D eigenvalue weighted by atomic mass is 16.2. The Morgan fingerprint density at radius 2 is 2.08 bits per heavy atom. The van der Waals surface area contributed by atoms with Gasteiger partial charge < -0.3 is 10.2 Å². The normalized spacial score (nSPS) is 14.2. The molecule has 0 unspecified atom stereocenters. The Hall–Kier alpha value is -2.63. The molecule has 24 heavy (non-hydrogen) atoms. The fourth-order valence-corrected chi connectivity index (χ4v) is 2.87. The quantitative estimate of drug-likeness (QED) is 0.818. The molecule has 2 aromatic rings. The lowest BCUT2D eigenvalue weighted by molar-refractivity contribution is -0.121. The molecule has 3 rings (SSSR count). The first-order chi connectivity index (χ1) is 11.7. The average Bonchev–Trinajstić information content (AvgIpc) is 3.25. The van der Waals surface area contributed by atoms with Crippen LogP contribution in [-0.2, 0) is 22.6 Å². The molecule has 126 valence electrons. The molecule has 1 aromatic carbocycles. The van der Waals surface area contributed by atoms with Crippen LogP contribution in [0.1, 0.15) is 36.8 Å². The van der Waals surface area contributed by atoms with E-state index in [1.54, 1.807) is 6.20 Å². The number of anilines is 1. The first-order valence-electron chi connectivity index (χ1n) is 8.36. The molecule has 0 spiro atoms. The number of H-pyrrole nitrogens is 1. The molecular formula is C18H22N4O2. The number of nitrogens with zero attached hydrogens (tertiary/aromatic N) is 2. The Morgan fingerprint density at radius 3 is 2.75 bits per heavy atom. The van der Waals surface area contributed by atoms with Crippen molar-refractivity contribution in [3.05, 3.63) is 47.8 Å². The minimum Gasteiger partial charge on any atom is -0.352 e. The minimum absolute atomic E-state index is 0.0530. The SMILES string of the molecule is O=C(CCCc1cn[nH]c1)NCc1ccc(N2CCCC2=O)cc1. The van der Waals surface area contributed by atoms with E-state index >= 15 is 0 Å². The monoisotopic (exact) mass is 326 g/mol. The van der Waals surface area contributed by atoms with Gasteiger partial charge in [-0.1, -0.05) is 12.1 Å². The Kier molecular flexibility index (Phi) is 5.25. The standard InChI is InChI=1S/C18H22N4O2/c23-17(4-1-3-15-12-20-21-13-15)19-11-14-6-8-16(9-7-14)22-10-2-5-18(22)24/h6-9,12-13H,1-5,10-11H2,(H,19,23)(H,20,21). The lowest BCUT2D eigenvalue weighted by atomic mass is 10.1. The van der Waals surface area contributed by atoms with Gasteiger partial charge in [0.15, 0.2) is 0 Å². The van der Waals surface area contributed by atoms with Gasteiger partial charge in [0.2, 0.25) is 11.8 Å². The molecule has 0 aliphatic carbocycles. The zero-order chi connectivity index (χ0) is 16.8. The molecule has 6 heteroatoms. The van der Waals surface area contributed by atoms with Crippen molar-refractivity contribution in [1.29, 1.82) is 0 Å². The number of aromatic amines is 1. The van der Waals surface area contributed by atoms with Gasteiger partial charge in [0.05, 0.1) is 6.20 Å². The fraction of sp³-hybridized carbons (Fsp3) is 0.389. The Labute approximate surface area is 141 Å². The molecule has 1 fully saturated rings. The van der Waals surface area contributed by atoms with Crippen molar-refractivity contribution < 1.29 is 9.59 Å². The maximum absolute atomic E-state index is 11.9. The van der Waals surface area contributed by atoms with E-state index in [1.807, 2.05) is 35.4 Å². The third-order valence-electron chi connectivity index (χ3n) is 4.24. The maximum atomic E-state index is 11.9. The molecule has 0 radical (unpaired) electrons. The van der Waals surface area contributed by atoms with Crippen molar-refractivity contribution in [1.82, 2.24) is 15.5 Å². The van der Waals surface area contributed by atoms with Gasteiger partial charge in [-0.15, -0.1) is 0 Å². The van der Waals surface area contributed by atoms with Gasteiger partial charge in [-0.25, -0.2) is 0 Å². The summed E-state index contributed by atoms with van der Waals surface area (Å²) in [5.74, 6) is 0.242. The number of rotatable bonds is 7. The van der Waals surface area contributed by atoms with Crippen LogP contribution < -0.4 is 10.2 Å². The molecule has 6 nitrogen and oxygen atoms in total. The molecule has 2 heterocycles. The first-order valence-corrected chi connectivity index (χ1v) is 8.36. The van der Waals surface area contributed by atoms with Crippen LogP contribution in [-0.4, -0.2) is 28.6 Å². The lowest BCUT2D eigenvalue weighted by Crippen LogP contribution is -2.24. The van der Waals surface area contributed by atoms with E-state index in [1.165, 1.54) is 0 Å². The van der Waals surface area contributed by atoms with E-state index in [4.69, 9.17) is 0 Å². The van der Waals surface area contributed by atoms with Crippen LogP contribution in [0.2, 0.25) is 0 Å². The third-order valence-corrected chi connectivity index (χ3v) is 4.24. The molecule has 1 aliphatic rings. The lowest BCUT2D eigenvalue weighted by Gasteiger charge is -2.16. The molecule has 2 amide bonds. The first kappa shape index (κ1) is 16.2. The van der Waals surface area contributed by atoms with E-state index in [9.17, 15) is 9.59 Å². The number of carbonyl (C=O) groups excluding carboxylic acids is 2. The number of hydrogen-bond acceptors (Lipinski definition) is 3. The van der Waals surface area contributed by atoms with Crippen molar-refractivity contribution in [2.24, 2.45) is 0 Å². The Morgan fingerprint density at radius 1 is 1.25 bits per heavy atom. The highest BCUT2D eigenvalue weighted by Gasteiger charge is 2.21. The number of aryl methyl sites for hydroxylation is 1.